The highest BCUT2D eigenvalue weighted by Crippen LogP contribution is 2.37. The first-order valence-electron chi connectivity index (χ1n) is 8.67. The van der Waals surface area contributed by atoms with Crippen molar-refractivity contribution in [1.29, 1.82) is 0 Å². The predicted octanol–water partition coefficient (Wildman–Crippen LogP) is 4.73. The first-order chi connectivity index (χ1) is 13.9. The second kappa shape index (κ2) is 8.70. The molecule has 6 nitrogen and oxygen atoms in total. The van der Waals surface area contributed by atoms with E-state index in [0.29, 0.717) is 22.6 Å². The van der Waals surface area contributed by atoms with Crippen molar-refractivity contribution in [3.63, 3.8) is 0 Å². The van der Waals surface area contributed by atoms with Crippen molar-refractivity contribution in [3.05, 3.63) is 69.6 Å². The lowest BCUT2D eigenvalue weighted by Gasteiger charge is -2.12. The number of carbonyl (C=O) groups excluding carboxylic acids is 1. The molecule has 0 aliphatic rings. The number of hydrogen-bond acceptors (Lipinski definition) is 6. The Morgan fingerprint density at radius 2 is 1.69 bits per heavy atom. The number of aromatic carboxylic acids is 1. The number of carbonyl (C=O) groups is 2. The largest absolute Gasteiger partial charge is 0.496 e. The van der Waals surface area contributed by atoms with Gasteiger partial charge in [-0.25, -0.2) is 9.78 Å². The summed E-state index contributed by atoms with van der Waals surface area (Å²) < 4.78 is 10.9. The van der Waals surface area contributed by atoms with Crippen LogP contribution in [0.3, 0.4) is 0 Å². The Bertz CT molecular complexity index is 1080. The van der Waals surface area contributed by atoms with Crippen LogP contribution in [0.2, 0.25) is 0 Å². The minimum absolute atomic E-state index is 0.130. The highest BCUT2D eigenvalue weighted by molar-refractivity contribution is 7.09. The minimum atomic E-state index is -1.03. The SMILES string of the molecule is COc1cc(OC)c(-c2csc(C)n2)cc1/C=C/C(=O)c1ccc(C(=O)O)cc1. The molecule has 0 unspecified atom stereocenters. The molecule has 0 amide bonds. The van der Waals surface area contributed by atoms with Crippen LogP contribution in [0.15, 0.2) is 47.9 Å². The zero-order valence-electron chi connectivity index (χ0n) is 16.1. The summed E-state index contributed by atoms with van der Waals surface area (Å²) in [6.45, 7) is 1.93. The second-order valence-electron chi connectivity index (χ2n) is 6.13. The van der Waals surface area contributed by atoms with E-state index in [2.05, 4.69) is 4.98 Å². The van der Waals surface area contributed by atoms with E-state index < -0.39 is 5.97 Å². The van der Waals surface area contributed by atoms with Crippen LogP contribution in [0.4, 0.5) is 0 Å². The van der Waals surface area contributed by atoms with Gasteiger partial charge in [0, 0.05) is 28.1 Å². The number of thiazole rings is 1. The van der Waals surface area contributed by atoms with Crippen LogP contribution >= 0.6 is 11.3 Å². The molecule has 0 radical (unpaired) electrons. The molecule has 0 saturated carbocycles. The van der Waals surface area contributed by atoms with Crippen molar-refractivity contribution in [3.8, 4) is 22.8 Å². The van der Waals surface area contributed by atoms with Gasteiger partial charge in [0.05, 0.1) is 30.5 Å². The van der Waals surface area contributed by atoms with Gasteiger partial charge in [-0.2, -0.15) is 0 Å². The molecule has 0 fully saturated rings. The zero-order chi connectivity index (χ0) is 21.0. The van der Waals surface area contributed by atoms with Gasteiger partial charge < -0.3 is 14.6 Å². The van der Waals surface area contributed by atoms with Gasteiger partial charge in [0.25, 0.3) is 0 Å². The van der Waals surface area contributed by atoms with E-state index in [4.69, 9.17) is 14.6 Å². The highest BCUT2D eigenvalue weighted by atomic mass is 32.1. The Morgan fingerprint density at radius 1 is 1.03 bits per heavy atom. The third-order valence-corrected chi connectivity index (χ3v) is 5.05. The normalized spacial score (nSPS) is 10.9. The van der Waals surface area contributed by atoms with Crippen molar-refractivity contribution >= 4 is 29.2 Å². The van der Waals surface area contributed by atoms with Gasteiger partial charge in [-0.3, -0.25) is 4.79 Å². The molecule has 1 aromatic heterocycles. The number of carboxylic acids is 1. The smallest absolute Gasteiger partial charge is 0.335 e. The number of ether oxygens (including phenoxy) is 2. The van der Waals surface area contributed by atoms with E-state index in [0.717, 1.165) is 16.3 Å². The summed E-state index contributed by atoms with van der Waals surface area (Å²) in [7, 11) is 3.13. The third-order valence-electron chi connectivity index (χ3n) is 4.28. The molecule has 0 saturated heterocycles. The summed E-state index contributed by atoms with van der Waals surface area (Å²) in [5.74, 6) is -0.0964. The fourth-order valence-electron chi connectivity index (χ4n) is 2.78. The van der Waals surface area contributed by atoms with E-state index in [1.54, 1.807) is 37.7 Å². The van der Waals surface area contributed by atoms with E-state index in [9.17, 15) is 9.59 Å². The maximum Gasteiger partial charge on any atom is 0.335 e. The van der Waals surface area contributed by atoms with Crippen molar-refractivity contribution in [2.75, 3.05) is 14.2 Å². The number of hydrogen-bond donors (Lipinski definition) is 1. The maximum atomic E-state index is 12.5. The molecule has 3 rings (SSSR count). The molecule has 3 aromatic rings. The van der Waals surface area contributed by atoms with Crippen molar-refractivity contribution in [2.45, 2.75) is 6.92 Å². The Morgan fingerprint density at radius 3 is 2.24 bits per heavy atom. The molecular weight excluding hydrogens is 390 g/mol. The lowest BCUT2D eigenvalue weighted by molar-refractivity contribution is 0.0696. The van der Waals surface area contributed by atoms with E-state index in [1.807, 2.05) is 18.4 Å². The van der Waals surface area contributed by atoms with Gasteiger partial charge in [-0.1, -0.05) is 12.1 Å². The highest BCUT2D eigenvalue weighted by Gasteiger charge is 2.14. The summed E-state index contributed by atoms with van der Waals surface area (Å²) >= 11 is 1.54. The molecule has 1 heterocycles. The summed E-state index contributed by atoms with van der Waals surface area (Å²) in [5.41, 5.74) is 2.82. The quantitative estimate of drug-likeness (QED) is 0.448. The van der Waals surface area contributed by atoms with Gasteiger partial charge in [-0.15, -0.1) is 11.3 Å². The standard InChI is InChI=1S/C22H19NO5S/c1-13-23-18(12-29-13)17-10-16(20(27-2)11-21(17)28-3)8-9-19(24)14-4-6-15(7-5-14)22(25)26/h4-12H,1-3H3,(H,25,26)/b9-8+. The van der Waals surface area contributed by atoms with Crippen LogP contribution in [0.25, 0.3) is 17.3 Å². The van der Waals surface area contributed by atoms with Crippen LogP contribution in [-0.2, 0) is 0 Å². The van der Waals surface area contributed by atoms with E-state index in [1.165, 1.54) is 30.3 Å². The van der Waals surface area contributed by atoms with Gasteiger partial charge >= 0.3 is 5.97 Å². The summed E-state index contributed by atoms with van der Waals surface area (Å²) in [5, 5.41) is 11.8. The molecule has 2 aromatic carbocycles. The number of nitrogens with zero attached hydrogens (tertiary/aromatic N) is 1. The molecule has 148 valence electrons. The van der Waals surface area contributed by atoms with Gasteiger partial charge in [0.2, 0.25) is 0 Å². The van der Waals surface area contributed by atoms with Crippen LogP contribution < -0.4 is 9.47 Å². The fraction of sp³-hybridized carbons (Fsp3) is 0.136. The topological polar surface area (TPSA) is 85.7 Å². The van der Waals surface area contributed by atoms with Crippen LogP contribution in [0.5, 0.6) is 11.5 Å². The summed E-state index contributed by atoms with van der Waals surface area (Å²) in [6, 6.07) is 9.41. The molecule has 29 heavy (non-hydrogen) atoms. The van der Waals surface area contributed by atoms with E-state index >= 15 is 0 Å². The first kappa shape index (κ1) is 20.3. The Labute approximate surface area is 172 Å². The number of ketones is 1. The summed E-state index contributed by atoms with van der Waals surface area (Å²) in [4.78, 5) is 27.9. The lowest BCUT2D eigenvalue weighted by atomic mass is 10.0. The Kier molecular flexibility index (Phi) is 6.09. The molecule has 0 bridgehead atoms. The second-order valence-corrected chi connectivity index (χ2v) is 7.19. The molecular formula is C22H19NO5S. The number of methoxy groups -OCH3 is 2. The fourth-order valence-corrected chi connectivity index (χ4v) is 3.39. The molecule has 1 N–H and O–H groups in total. The van der Waals surface area contributed by atoms with Crippen molar-refractivity contribution in [2.24, 2.45) is 0 Å². The average Bonchev–Trinajstić information content (AvgIpc) is 3.17. The monoisotopic (exact) mass is 409 g/mol. The molecule has 0 aliphatic heterocycles. The van der Waals surface area contributed by atoms with Crippen LogP contribution in [-0.4, -0.2) is 36.1 Å². The number of carboxylic acid groups (broad SMARTS) is 1. The van der Waals surface area contributed by atoms with Gasteiger partial charge in [0.15, 0.2) is 5.78 Å². The molecule has 0 spiro atoms. The van der Waals surface area contributed by atoms with Gasteiger partial charge in [-0.05, 0) is 37.3 Å². The molecule has 7 heteroatoms. The third kappa shape index (κ3) is 4.52. The maximum absolute atomic E-state index is 12.5. The lowest BCUT2D eigenvalue weighted by Crippen LogP contribution is -1.99. The Hall–Kier alpha value is -3.45. The van der Waals surface area contributed by atoms with Gasteiger partial charge in [0.1, 0.15) is 11.5 Å². The van der Waals surface area contributed by atoms with E-state index in [-0.39, 0.29) is 11.3 Å². The number of aromatic nitrogens is 1. The van der Waals surface area contributed by atoms with Crippen LogP contribution in [0.1, 0.15) is 31.3 Å². The van der Waals surface area contributed by atoms with Crippen LogP contribution in [0, 0.1) is 6.92 Å². The number of allylic oxidation sites excluding steroid dienone is 1. The first-order valence-corrected chi connectivity index (χ1v) is 9.55. The summed E-state index contributed by atoms with van der Waals surface area (Å²) in [6.07, 6.45) is 3.09. The zero-order valence-corrected chi connectivity index (χ0v) is 16.9. The number of aryl methyl sites for hydroxylation is 1. The predicted molar refractivity (Wildman–Crippen MR) is 112 cm³/mol. The number of benzene rings is 2. The molecule has 0 aliphatic carbocycles. The number of rotatable bonds is 7. The Balaban J connectivity index is 1.94. The molecule has 0 atom stereocenters. The minimum Gasteiger partial charge on any atom is -0.496 e. The average molecular weight is 409 g/mol. The van der Waals surface area contributed by atoms with Crippen molar-refractivity contribution in [1.82, 2.24) is 4.98 Å². The van der Waals surface area contributed by atoms with Crippen molar-refractivity contribution < 1.29 is 24.2 Å².